The van der Waals surface area contributed by atoms with Gasteiger partial charge in [0.25, 0.3) is 0 Å². The smallest absolute Gasteiger partial charge is 0.416 e. The fraction of sp³-hybridized carbons (Fsp3) is 0.320. The van der Waals surface area contributed by atoms with Gasteiger partial charge in [-0.1, -0.05) is 20.4 Å². The molecule has 11 heteroatoms. The number of hydrogen-bond acceptors (Lipinski definition) is 3. The fourth-order valence-electron chi connectivity index (χ4n) is 3.97. The lowest BCUT2D eigenvalue weighted by Gasteiger charge is -2.32. The first-order valence-electron chi connectivity index (χ1n) is 10.7. The number of carboxylic acid groups (broad SMARTS) is 1. The highest BCUT2D eigenvalue weighted by Gasteiger charge is 2.37. The minimum absolute atomic E-state index is 0.0325. The average molecular weight is 516 g/mol. The maximum atomic E-state index is 15.1. The van der Waals surface area contributed by atoms with E-state index in [4.69, 9.17) is 0 Å². The average Bonchev–Trinajstić information content (AvgIpc) is 2.73. The molecule has 3 rings (SSSR count). The third-order valence-electron chi connectivity index (χ3n) is 5.58. The molecule has 194 valence electrons. The van der Waals surface area contributed by atoms with Gasteiger partial charge in [0.1, 0.15) is 5.82 Å². The molecule has 0 atom stereocenters. The number of halogens is 7. The molecule has 0 spiro atoms. The fourth-order valence-corrected chi connectivity index (χ4v) is 3.97. The molecule has 0 aromatic heterocycles. The van der Waals surface area contributed by atoms with Crippen molar-refractivity contribution in [2.75, 3.05) is 23.4 Å². The van der Waals surface area contributed by atoms with E-state index < -0.39 is 41.8 Å². The second-order valence-electron chi connectivity index (χ2n) is 8.96. The number of fused-ring (bicyclic) bond motifs is 1. The highest BCUT2D eigenvalue weighted by Crippen LogP contribution is 2.41. The summed E-state index contributed by atoms with van der Waals surface area (Å²) in [4.78, 5) is 14.5. The van der Waals surface area contributed by atoms with Crippen LogP contribution in [0.3, 0.4) is 0 Å². The van der Waals surface area contributed by atoms with Crippen LogP contribution in [-0.4, -0.2) is 24.7 Å². The van der Waals surface area contributed by atoms with Gasteiger partial charge in [-0.3, -0.25) is 0 Å². The number of rotatable bonds is 6. The van der Waals surface area contributed by atoms with Gasteiger partial charge in [-0.15, -0.1) is 0 Å². The summed E-state index contributed by atoms with van der Waals surface area (Å²) in [6, 6.07) is 3.67. The summed E-state index contributed by atoms with van der Waals surface area (Å²) in [5.74, 6) is -2.00. The Labute approximate surface area is 202 Å². The van der Waals surface area contributed by atoms with Crippen LogP contribution in [0.15, 0.2) is 48.7 Å². The van der Waals surface area contributed by atoms with E-state index in [0.29, 0.717) is 24.4 Å². The summed E-state index contributed by atoms with van der Waals surface area (Å²) in [7, 11) is 1.33. The van der Waals surface area contributed by atoms with Crippen LogP contribution < -0.4 is 9.80 Å². The number of aliphatic carboxylic acids is 1. The molecular formula is C25H23F7N2O2. The number of alkyl halides is 6. The Bertz CT molecular complexity index is 1200. The molecule has 0 aliphatic carbocycles. The Morgan fingerprint density at radius 3 is 2.06 bits per heavy atom. The van der Waals surface area contributed by atoms with E-state index in [-0.39, 0.29) is 39.9 Å². The monoisotopic (exact) mass is 516 g/mol. The van der Waals surface area contributed by atoms with Gasteiger partial charge >= 0.3 is 18.3 Å². The first kappa shape index (κ1) is 27.1. The van der Waals surface area contributed by atoms with Crippen LogP contribution in [0.25, 0.3) is 5.57 Å². The largest absolute Gasteiger partial charge is 0.478 e. The topological polar surface area (TPSA) is 43.8 Å². The van der Waals surface area contributed by atoms with Crippen molar-refractivity contribution < 1.29 is 40.6 Å². The Kier molecular flexibility index (Phi) is 7.16. The van der Waals surface area contributed by atoms with E-state index >= 15 is 4.39 Å². The zero-order chi connectivity index (χ0) is 27.2. The van der Waals surface area contributed by atoms with Gasteiger partial charge in [-0.05, 0) is 47.4 Å². The van der Waals surface area contributed by atoms with E-state index in [1.807, 2.05) is 13.8 Å². The summed E-state index contributed by atoms with van der Waals surface area (Å²) in [6.45, 7) is 7.44. The zero-order valence-electron chi connectivity index (χ0n) is 19.6. The van der Waals surface area contributed by atoms with Gasteiger partial charge in [-0.2, -0.15) is 26.3 Å². The standard InChI is InChI=1S/C25H23F7N2O2/c1-13(2)10-34-12-19(23(35)36)14(3)18-8-20(26)22(9-21(18)34)33(4)11-15-5-16(24(27,28)29)7-17(6-15)25(30,31)32/h5-9,12-13H,3,10-11H2,1-2,4H3,(H,35,36). The minimum Gasteiger partial charge on any atom is -0.478 e. The second-order valence-corrected chi connectivity index (χ2v) is 8.96. The number of carboxylic acids is 1. The Hall–Kier alpha value is -3.50. The summed E-state index contributed by atoms with van der Waals surface area (Å²) in [6.07, 6.45) is -8.63. The molecule has 0 fully saturated rings. The van der Waals surface area contributed by atoms with E-state index in [0.717, 1.165) is 6.07 Å². The van der Waals surface area contributed by atoms with Gasteiger partial charge in [-0.25, -0.2) is 9.18 Å². The first-order valence-corrected chi connectivity index (χ1v) is 10.7. The van der Waals surface area contributed by atoms with Crippen molar-refractivity contribution in [2.45, 2.75) is 32.7 Å². The van der Waals surface area contributed by atoms with Gasteiger partial charge in [0.05, 0.1) is 28.1 Å². The summed E-state index contributed by atoms with van der Waals surface area (Å²) < 4.78 is 94.4. The molecule has 1 aliphatic heterocycles. The van der Waals surface area contributed by atoms with E-state index in [1.54, 1.807) is 4.90 Å². The molecule has 1 N–H and O–H groups in total. The molecule has 36 heavy (non-hydrogen) atoms. The lowest BCUT2D eigenvalue weighted by atomic mass is 9.93. The van der Waals surface area contributed by atoms with Crippen molar-refractivity contribution >= 4 is 22.9 Å². The van der Waals surface area contributed by atoms with Crippen LogP contribution in [0.5, 0.6) is 0 Å². The Morgan fingerprint density at radius 2 is 1.58 bits per heavy atom. The van der Waals surface area contributed by atoms with E-state index in [2.05, 4.69) is 6.58 Å². The maximum Gasteiger partial charge on any atom is 0.416 e. The van der Waals surface area contributed by atoms with Crippen molar-refractivity contribution in [2.24, 2.45) is 5.92 Å². The number of nitrogens with zero attached hydrogens (tertiary/aromatic N) is 2. The quantitative estimate of drug-likeness (QED) is 0.422. The van der Waals surface area contributed by atoms with Crippen molar-refractivity contribution in [3.8, 4) is 0 Å². The molecule has 0 bridgehead atoms. The molecule has 0 radical (unpaired) electrons. The zero-order valence-corrected chi connectivity index (χ0v) is 19.6. The number of hydrogen-bond donors (Lipinski definition) is 1. The van der Waals surface area contributed by atoms with Crippen LogP contribution in [0.4, 0.5) is 42.1 Å². The third-order valence-corrected chi connectivity index (χ3v) is 5.58. The Balaban J connectivity index is 2.05. The van der Waals surface area contributed by atoms with Crippen LogP contribution in [0, 0.1) is 11.7 Å². The van der Waals surface area contributed by atoms with Crippen LogP contribution >= 0.6 is 0 Å². The van der Waals surface area contributed by atoms with Crippen LogP contribution in [0.1, 0.15) is 36.1 Å². The number of carbonyl (C=O) groups is 1. The molecule has 1 heterocycles. The van der Waals surface area contributed by atoms with Gasteiger partial charge in [0, 0.05) is 31.9 Å². The normalized spacial score (nSPS) is 14.1. The lowest BCUT2D eigenvalue weighted by Crippen LogP contribution is -2.28. The van der Waals surface area contributed by atoms with Gasteiger partial charge in [0.2, 0.25) is 0 Å². The minimum atomic E-state index is -5.00. The molecule has 2 aromatic rings. The SMILES string of the molecule is C=C1C(C(=O)O)=CN(CC(C)C)c2cc(N(C)Cc3cc(C(F)(F)F)cc(C(F)(F)F)c3)c(F)cc21. The number of anilines is 2. The molecule has 2 aromatic carbocycles. The first-order chi connectivity index (χ1) is 16.5. The van der Waals surface area contributed by atoms with Crippen molar-refractivity contribution in [1.29, 1.82) is 0 Å². The third kappa shape index (κ3) is 5.66. The molecule has 0 amide bonds. The molecule has 0 saturated carbocycles. The maximum absolute atomic E-state index is 15.1. The summed E-state index contributed by atoms with van der Waals surface area (Å²) in [5.41, 5.74) is -2.72. The molecule has 0 saturated heterocycles. The summed E-state index contributed by atoms with van der Waals surface area (Å²) in [5, 5.41) is 9.50. The Morgan fingerprint density at radius 1 is 1.03 bits per heavy atom. The van der Waals surface area contributed by atoms with Gasteiger partial charge < -0.3 is 14.9 Å². The van der Waals surface area contributed by atoms with Gasteiger partial charge in [0.15, 0.2) is 0 Å². The lowest BCUT2D eigenvalue weighted by molar-refractivity contribution is -0.143. The highest BCUT2D eigenvalue weighted by atomic mass is 19.4. The predicted octanol–water partition coefficient (Wildman–Crippen LogP) is 6.96. The summed E-state index contributed by atoms with van der Waals surface area (Å²) >= 11 is 0. The second kappa shape index (κ2) is 9.51. The van der Waals surface area contributed by atoms with Crippen molar-refractivity contribution in [1.82, 2.24) is 0 Å². The van der Waals surface area contributed by atoms with Crippen LogP contribution in [-0.2, 0) is 23.7 Å². The molecule has 1 aliphatic rings. The number of benzene rings is 2. The molecule has 4 nitrogen and oxygen atoms in total. The van der Waals surface area contributed by atoms with Crippen LogP contribution in [0.2, 0.25) is 0 Å². The molecular weight excluding hydrogens is 493 g/mol. The van der Waals surface area contributed by atoms with E-state index in [9.17, 15) is 36.2 Å². The van der Waals surface area contributed by atoms with E-state index in [1.165, 1.54) is 24.2 Å². The van der Waals surface area contributed by atoms with Crippen molar-refractivity contribution in [3.63, 3.8) is 0 Å². The molecule has 0 unspecified atom stereocenters. The highest BCUT2D eigenvalue weighted by molar-refractivity contribution is 6.08. The predicted molar refractivity (Wildman–Crippen MR) is 122 cm³/mol. The van der Waals surface area contributed by atoms with Crippen molar-refractivity contribution in [3.05, 3.63) is 76.8 Å².